The van der Waals surface area contributed by atoms with Gasteiger partial charge in [0, 0.05) is 18.0 Å². The molecule has 19 heavy (non-hydrogen) atoms. The van der Waals surface area contributed by atoms with Gasteiger partial charge in [0.05, 0.1) is 17.4 Å². The number of nitrogens with one attached hydrogen (secondary N) is 2. The van der Waals surface area contributed by atoms with Crippen LogP contribution < -0.4 is 10.9 Å². The van der Waals surface area contributed by atoms with Crippen molar-refractivity contribution in [1.29, 1.82) is 0 Å². The number of H-pyrrole nitrogens is 1. The fourth-order valence-corrected chi connectivity index (χ4v) is 2.92. The van der Waals surface area contributed by atoms with Crippen molar-refractivity contribution < 1.29 is 0 Å². The zero-order chi connectivity index (χ0) is 13.0. The summed E-state index contributed by atoms with van der Waals surface area (Å²) in [6.07, 6.45) is 3.49. The first kappa shape index (κ1) is 10.5. The number of rotatable bonds is 1. The highest BCUT2D eigenvalue weighted by molar-refractivity contribution is 5.75. The van der Waals surface area contributed by atoms with E-state index < -0.39 is 0 Å². The number of hydrogen-bond acceptors (Lipinski definition) is 3. The minimum Gasteiger partial charge on any atom is -0.317 e. The molecule has 2 aromatic heterocycles. The van der Waals surface area contributed by atoms with Crippen LogP contribution in [0.5, 0.6) is 0 Å². The lowest BCUT2D eigenvalue weighted by atomic mass is 10.1. The molecule has 1 aliphatic carbocycles. The van der Waals surface area contributed by atoms with Gasteiger partial charge in [0.25, 0.3) is 5.56 Å². The third kappa shape index (κ3) is 1.22. The third-order valence-electron chi connectivity index (χ3n) is 3.70. The average Bonchev–Trinajstić information content (AvgIpc) is 3.01. The van der Waals surface area contributed by atoms with E-state index in [0.717, 1.165) is 17.0 Å². The van der Waals surface area contributed by atoms with Crippen LogP contribution in [0.2, 0.25) is 0 Å². The van der Waals surface area contributed by atoms with Crippen LogP contribution in [-0.2, 0) is 0 Å². The zero-order valence-corrected chi connectivity index (χ0v) is 10.3. The molecule has 0 spiro atoms. The molecule has 0 saturated carbocycles. The molecule has 0 bridgehead atoms. The van der Waals surface area contributed by atoms with Gasteiger partial charge >= 0.3 is 0 Å². The topological polar surface area (TPSA) is 62.2 Å². The van der Waals surface area contributed by atoms with E-state index in [-0.39, 0.29) is 11.6 Å². The van der Waals surface area contributed by atoms with Crippen molar-refractivity contribution in [2.45, 2.75) is 6.04 Å². The molecule has 3 aromatic rings. The molecule has 0 radical (unpaired) electrons. The summed E-state index contributed by atoms with van der Waals surface area (Å²) in [4.78, 5) is 19.1. The Kier molecular flexibility index (Phi) is 1.97. The Bertz CT molecular complexity index is 846. The van der Waals surface area contributed by atoms with Gasteiger partial charge in [-0.1, -0.05) is 24.3 Å². The van der Waals surface area contributed by atoms with E-state index in [1.807, 2.05) is 35.8 Å². The van der Waals surface area contributed by atoms with Crippen LogP contribution >= 0.6 is 0 Å². The van der Waals surface area contributed by atoms with Crippen LogP contribution in [0.3, 0.4) is 0 Å². The molecular formula is C14H12N4O. The van der Waals surface area contributed by atoms with E-state index in [1.54, 1.807) is 6.20 Å². The average molecular weight is 252 g/mol. The lowest BCUT2D eigenvalue weighted by Crippen LogP contribution is -2.20. The van der Waals surface area contributed by atoms with Crippen molar-refractivity contribution in [1.82, 2.24) is 19.7 Å². The van der Waals surface area contributed by atoms with E-state index >= 15 is 0 Å². The number of hydrogen-bond donors (Lipinski definition) is 2. The number of aromatic nitrogens is 3. The summed E-state index contributed by atoms with van der Waals surface area (Å²) in [6, 6.07) is 8.18. The molecule has 2 N–H and O–H groups in total. The van der Waals surface area contributed by atoms with Crippen molar-refractivity contribution in [2.24, 2.45) is 0 Å². The Morgan fingerprint density at radius 3 is 3.05 bits per heavy atom. The molecule has 0 saturated heterocycles. The summed E-state index contributed by atoms with van der Waals surface area (Å²) in [7, 11) is 1.92. The highest BCUT2D eigenvalue weighted by Gasteiger charge is 2.31. The number of imidazole rings is 1. The molecule has 1 aliphatic rings. The van der Waals surface area contributed by atoms with Crippen LogP contribution in [0.4, 0.5) is 0 Å². The van der Waals surface area contributed by atoms with Crippen LogP contribution in [0.25, 0.3) is 16.9 Å². The monoisotopic (exact) mass is 252 g/mol. The predicted molar refractivity (Wildman–Crippen MR) is 72.2 cm³/mol. The molecule has 1 aromatic carbocycles. The van der Waals surface area contributed by atoms with Gasteiger partial charge in [0.2, 0.25) is 5.65 Å². The SMILES string of the molecule is CNC1c2ccccc2-c2[nH]c(=O)c3nccn3c21. The van der Waals surface area contributed by atoms with Gasteiger partial charge in [-0.05, 0) is 12.6 Å². The first-order valence-corrected chi connectivity index (χ1v) is 6.17. The van der Waals surface area contributed by atoms with Gasteiger partial charge in [-0.2, -0.15) is 0 Å². The van der Waals surface area contributed by atoms with Crippen LogP contribution in [-0.4, -0.2) is 21.4 Å². The summed E-state index contributed by atoms with van der Waals surface area (Å²) in [5, 5.41) is 3.31. The maximum absolute atomic E-state index is 12.0. The fourth-order valence-electron chi connectivity index (χ4n) is 2.92. The van der Waals surface area contributed by atoms with Crippen molar-refractivity contribution in [3.63, 3.8) is 0 Å². The maximum Gasteiger partial charge on any atom is 0.292 e. The predicted octanol–water partition coefficient (Wildman–Crippen LogP) is 1.31. The van der Waals surface area contributed by atoms with Gasteiger partial charge in [-0.3, -0.25) is 9.20 Å². The van der Waals surface area contributed by atoms with Crippen molar-refractivity contribution in [2.75, 3.05) is 7.05 Å². The van der Waals surface area contributed by atoms with Crippen LogP contribution in [0.1, 0.15) is 17.3 Å². The summed E-state index contributed by atoms with van der Waals surface area (Å²) < 4.78 is 1.87. The summed E-state index contributed by atoms with van der Waals surface area (Å²) in [5.74, 6) is 0. The van der Waals surface area contributed by atoms with E-state index in [9.17, 15) is 4.79 Å². The Balaban J connectivity index is 2.19. The minimum atomic E-state index is -0.157. The third-order valence-corrected chi connectivity index (χ3v) is 3.70. The molecule has 1 unspecified atom stereocenters. The van der Waals surface area contributed by atoms with Gasteiger partial charge in [-0.25, -0.2) is 4.98 Å². The lowest BCUT2D eigenvalue weighted by molar-refractivity contribution is 0.676. The zero-order valence-electron chi connectivity index (χ0n) is 10.3. The van der Waals surface area contributed by atoms with Gasteiger partial charge in [-0.15, -0.1) is 0 Å². The minimum absolute atomic E-state index is 0.0692. The Labute approximate surface area is 108 Å². The number of aromatic amines is 1. The molecule has 0 amide bonds. The van der Waals surface area contributed by atoms with E-state index in [2.05, 4.69) is 21.4 Å². The van der Waals surface area contributed by atoms with Gasteiger partial charge in [0.1, 0.15) is 0 Å². The molecular weight excluding hydrogens is 240 g/mol. The molecule has 0 fully saturated rings. The van der Waals surface area contributed by atoms with Crippen LogP contribution in [0.15, 0.2) is 41.5 Å². The van der Waals surface area contributed by atoms with Crippen molar-refractivity contribution in [3.8, 4) is 11.3 Å². The number of fused-ring (bicyclic) bond motifs is 5. The highest BCUT2D eigenvalue weighted by atomic mass is 16.1. The summed E-state index contributed by atoms with van der Waals surface area (Å²) >= 11 is 0. The Morgan fingerprint density at radius 1 is 1.37 bits per heavy atom. The quantitative estimate of drug-likeness (QED) is 0.686. The second kappa shape index (κ2) is 3.55. The molecule has 0 aliphatic heterocycles. The summed E-state index contributed by atoms with van der Waals surface area (Å²) in [6.45, 7) is 0. The second-order valence-corrected chi connectivity index (χ2v) is 4.64. The van der Waals surface area contributed by atoms with Crippen molar-refractivity contribution >= 4 is 5.65 Å². The molecule has 4 rings (SSSR count). The molecule has 2 heterocycles. The normalized spacial score (nSPS) is 16.6. The van der Waals surface area contributed by atoms with Gasteiger partial charge < -0.3 is 10.3 Å². The van der Waals surface area contributed by atoms with Crippen molar-refractivity contribution in [3.05, 3.63) is 58.3 Å². The molecule has 94 valence electrons. The first-order valence-electron chi connectivity index (χ1n) is 6.17. The fraction of sp³-hybridized carbons (Fsp3) is 0.143. The number of nitrogens with zero attached hydrogens (tertiary/aromatic N) is 2. The molecule has 5 heteroatoms. The standard InChI is InChI=1S/C14H12N4O/c1-15-10-8-4-2-3-5-9(8)11-12(10)18-7-6-16-13(18)14(19)17-11/h2-7,10,15H,1H3,(H,17,19). The highest BCUT2D eigenvalue weighted by Crippen LogP contribution is 2.41. The number of benzene rings is 1. The first-order chi connectivity index (χ1) is 9.31. The van der Waals surface area contributed by atoms with Gasteiger partial charge in [0.15, 0.2) is 0 Å². The van der Waals surface area contributed by atoms with E-state index in [1.165, 1.54) is 5.56 Å². The second-order valence-electron chi connectivity index (χ2n) is 4.64. The maximum atomic E-state index is 12.0. The molecule has 1 atom stereocenters. The largest absolute Gasteiger partial charge is 0.317 e. The van der Waals surface area contributed by atoms with Crippen LogP contribution in [0, 0.1) is 0 Å². The van der Waals surface area contributed by atoms with E-state index in [4.69, 9.17) is 0 Å². The Hall–Kier alpha value is -2.40. The molecule has 5 nitrogen and oxygen atoms in total. The lowest BCUT2D eigenvalue weighted by Gasteiger charge is -2.13. The summed E-state index contributed by atoms with van der Waals surface area (Å²) in [5.41, 5.74) is 4.45. The van der Waals surface area contributed by atoms with E-state index in [0.29, 0.717) is 5.65 Å². The smallest absolute Gasteiger partial charge is 0.292 e. The Morgan fingerprint density at radius 2 is 2.21 bits per heavy atom.